The van der Waals surface area contributed by atoms with Gasteiger partial charge in [0.25, 0.3) is 0 Å². The Kier molecular flexibility index (Phi) is 2.47. The van der Waals surface area contributed by atoms with Crippen molar-refractivity contribution in [3.8, 4) is 0 Å². The highest BCUT2D eigenvalue weighted by atomic mass is 32.2. The summed E-state index contributed by atoms with van der Waals surface area (Å²) in [5, 5.41) is 0. The molecule has 0 fully saturated rings. The summed E-state index contributed by atoms with van der Waals surface area (Å²) < 4.78 is 20.8. The largest absolute Gasteiger partial charge is 0.229 e. The van der Waals surface area contributed by atoms with Crippen molar-refractivity contribution in [2.45, 2.75) is 13.8 Å². The summed E-state index contributed by atoms with van der Waals surface area (Å²) in [6.07, 6.45) is 1.20. The summed E-state index contributed by atoms with van der Waals surface area (Å²) in [7, 11) is -2.85. The predicted octanol–water partition coefficient (Wildman–Crippen LogP) is 0.849. The molecule has 8 heavy (non-hydrogen) atoms. The van der Waals surface area contributed by atoms with Crippen LogP contribution < -0.4 is 0 Å². The topological polar surface area (TPSA) is 34.1 Å². The summed E-state index contributed by atoms with van der Waals surface area (Å²) in [5.41, 5.74) is 0. The Bertz CT molecular complexity index is 144. The zero-order chi connectivity index (χ0) is 6.78. The van der Waals surface area contributed by atoms with E-state index in [1.165, 1.54) is 12.0 Å². The second-order valence-corrected chi connectivity index (χ2v) is 4.14. The van der Waals surface area contributed by atoms with E-state index in [1.807, 2.05) is 13.8 Å². The van der Waals surface area contributed by atoms with Crippen LogP contribution in [0.2, 0.25) is 0 Å². The Labute approximate surface area is 50.8 Å². The lowest BCUT2D eigenvalue weighted by Crippen LogP contribution is -2.01. The molecule has 0 saturated heterocycles. The Hall–Kier alpha value is -0.0500. The molecule has 0 atom stereocenters. The molecule has 0 bridgehead atoms. The van der Waals surface area contributed by atoms with E-state index in [4.69, 9.17) is 0 Å². The van der Waals surface area contributed by atoms with E-state index in [2.05, 4.69) is 0 Å². The van der Waals surface area contributed by atoms with Crippen molar-refractivity contribution in [2.24, 2.45) is 5.92 Å². The van der Waals surface area contributed by atoms with Gasteiger partial charge in [-0.15, -0.1) is 0 Å². The summed E-state index contributed by atoms with van der Waals surface area (Å²) in [6.45, 7) is 3.67. The van der Waals surface area contributed by atoms with Crippen LogP contribution in [-0.4, -0.2) is 14.7 Å². The van der Waals surface area contributed by atoms with Crippen molar-refractivity contribution >= 4 is 9.84 Å². The van der Waals surface area contributed by atoms with Crippen molar-refractivity contribution in [3.05, 3.63) is 5.75 Å². The minimum Gasteiger partial charge on any atom is -0.229 e. The first-order valence-electron chi connectivity index (χ1n) is 2.47. The Morgan fingerprint density at radius 3 is 1.75 bits per heavy atom. The minimum absolute atomic E-state index is 0.130. The van der Waals surface area contributed by atoms with Gasteiger partial charge in [-0.2, -0.15) is 0 Å². The van der Waals surface area contributed by atoms with Crippen LogP contribution >= 0.6 is 0 Å². The maximum Gasteiger partial charge on any atom is 0.151 e. The molecule has 0 aliphatic heterocycles. The van der Waals surface area contributed by atoms with E-state index < -0.39 is 9.84 Å². The highest BCUT2D eigenvalue weighted by Gasteiger charge is 2.04. The molecule has 0 heterocycles. The maximum absolute atomic E-state index is 10.4. The van der Waals surface area contributed by atoms with Crippen LogP contribution in [-0.2, 0) is 9.84 Å². The van der Waals surface area contributed by atoms with Crippen LogP contribution in [0.4, 0.5) is 0 Å². The molecule has 0 aromatic carbocycles. The third kappa shape index (κ3) is 5.95. The van der Waals surface area contributed by atoms with Gasteiger partial charge in [-0.25, -0.2) is 8.42 Å². The van der Waals surface area contributed by atoms with Crippen LogP contribution in [0, 0.1) is 11.7 Å². The third-order valence-corrected chi connectivity index (χ3v) is 1.56. The molecular formula is C5H11O2S. The zero-order valence-corrected chi connectivity index (χ0v) is 6.20. The average molecular weight is 135 g/mol. The first kappa shape index (κ1) is 7.95. The van der Waals surface area contributed by atoms with Crippen LogP contribution in [0.15, 0.2) is 0 Å². The molecule has 0 N–H and O–H groups in total. The Morgan fingerprint density at radius 2 is 1.75 bits per heavy atom. The summed E-state index contributed by atoms with van der Waals surface area (Å²) in [6, 6.07) is 0. The van der Waals surface area contributed by atoms with Gasteiger partial charge >= 0.3 is 0 Å². The second kappa shape index (κ2) is 2.49. The molecule has 0 unspecified atom stereocenters. The molecule has 0 aromatic heterocycles. The molecule has 0 spiro atoms. The van der Waals surface area contributed by atoms with Gasteiger partial charge < -0.3 is 0 Å². The first-order chi connectivity index (χ1) is 3.42. The van der Waals surface area contributed by atoms with Crippen LogP contribution in [0.25, 0.3) is 0 Å². The quantitative estimate of drug-likeness (QED) is 0.562. The fraction of sp³-hybridized carbons (Fsp3) is 0.800. The van der Waals surface area contributed by atoms with Crippen molar-refractivity contribution in [1.29, 1.82) is 0 Å². The standard InChI is InChI=1S/C5H11O2S/c1-5(2)4-8(3,6)7/h4-5H,1-3H3. The number of rotatable bonds is 2. The molecule has 0 saturated carbocycles. The molecule has 0 aromatic rings. The molecule has 0 aliphatic carbocycles. The van der Waals surface area contributed by atoms with E-state index in [9.17, 15) is 8.42 Å². The Balaban J connectivity index is 3.75. The van der Waals surface area contributed by atoms with Crippen molar-refractivity contribution < 1.29 is 8.42 Å². The lowest BCUT2D eigenvalue weighted by Gasteiger charge is -1.97. The fourth-order valence-electron chi connectivity index (χ4n) is 0.494. The van der Waals surface area contributed by atoms with Gasteiger partial charge in [-0.1, -0.05) is 13.8 Å². The molecule has 0 rings (SSSR count). The monoisotopic (exact) mass is 135 g/mol. The maximum atomic E-state index is 10.4. The van der Waals surface area contributed by atoms with Gasteiger partial charge in [0, 0.05) is 6.26 Å². The van der Waals surface area contributed by atoms with Crippen LogP contribution in [0.5, 0.6) is 0 Å². The molecule has 0 aliphatic rings. The van der Waals surface area contributed by atoms with E-state index in [1.54, 1.807) is 0 Å². The van der Waals surface area contributed by atoms with Gasteiger partial charge in [-0.3, -0.25) is 0 Å². The summed E-state index contributed by atoms with van der Waals surface area (Å²) in [5.74, 6) is 1.46. The molecule has 0 amide bonds. The van der Waals surface area contributed by atoms with Gasteiger partial charge in [0.05, 0.1) is 5.75 Å². The smallest absolute Gasteiger partial charge is 0.151 e. The van der Waals surface area contributed by atoms with E-state index in [0.717, 1.165) is 0 Å². The second-order valence-electron chi connectivity index (χ2n) is 2.21. The number of sulfone groups is 1. The van der Waals surface area contributed by atoms with Gasteiger partial charge in [0.15, 0.2) is 9.84 Å². The van der Waals surface area contributed by atoms with Crippen LogP contribution in [0.3, 0.4) is 0 Å². The van der Waals surface area contributed by atoms with E-state index in [0.29, 0.717) is 0 Å². The van der Waals surface area contributed by atoms with Gasteiger partial charge in [0.2, 0.25) is 0 Å². The van der Waals surface area contributed by atoms with E-state index >= 15 is 0 Å². The van der Waals surface area contributed by atoms with Crippen LogP contribution in [0.1, 0.15) is 13.8 Å². The number of hydrogen-bond donors (Lipinski definition) is 0. The van der Waals surface area contributed by atoms with Crippen molar-refractivity contribution in [2.75, 3.05) is 6.26 Å². The molecule has 1 radical (unpaired) electrons. The average Bonchev–Trinajstić information content (AvgIpc) is 1.21. The lowest BCUT2D eigenvalue weighted by atomic mass is 10.3. The van der Waals surface area contributed by atoms with Crippen molar-refractivity contribution in [3.63, 3.8) is 0 Å². The number of hydrogen-bond acceptors (Lipinski definition) is 2. The minimum atomic E-state index is -2.85. The van der Waals surface area contributed by atoms with Gasteiger partial charge in [-0.05, 0) is 5.92 Å². The molecule has 3 heteroatoms. The van der Waals surface area contributed by atoms with Crippen molar-refractivity contribution in [1.82, 2.24) is 0 Å². The first-order valence-corrected chi connectivity index (χ1v) is 4.42. The third-order valence-electron chi connectivity index (χ3n) is 0.519. The lowest BCUT2D eigenvalue weighted by molar-refractivity contribution is 0.600. The fourth-order valence-corrected chi connectivity index (χ4v) is 1.48. The van der Waals surface area contributed by atoms with Gasteiger partial charge in [0.1, 0.15) is 0 Å². The molecule has 49 valence electrons. The molecular weight excluding hydrogens is 124 g/mol. The SMILES string of the molecule is CC(C)[CH]S(C)(=O)=O. The normalized spacial score (nSPS) is 12.5. The highest BCUT2D eigenvalue weighted by molar-refractivity contribution is 7.92. The predicted molar refractivity (Wildman–Crippen MR) is 34.0 cm³/mol. The van der Waals surface area contributed by atoms with E-state index in [-0.39, 0.29) is 5.92 Å². The highest BCUT2D eigenvalue weighted by Crippen LogP contribution is 2.02. The summed E-state index contributed by atoms with van der Waals surface area (Å²) >= 11 is 0. The summed E-state index contributed by atoms with van der Waals surface area (Å²) in [4.78, 5) is 0. The zero-order valence-electron chi connectivity index (χ0n) is 5.38. The molecule has 2 nitrogen and oxygen atoms in total. The Morgan fingerprint density at radius 1 is 1.38 bits per heavy atom.